The van der Waals surface area contributed by atoms with Gasteiger partial charge >= 0.3 is 109 Å². The van der Waals surface area contributed by atoms with Crippen LogP contribution in [0.25, 0.3) is 0 Å². The molecule has 0 aromatic heterocycles. The quantitative estimate of drug-likeness (QED) is 0.371. The third-order valence-corrected chi connectivity index (χ3v) is 32.7. The van der Waals surface area contributed by atoms with Crippen molar-refractivity contribution in [2.75, 3.05) is 0 Å². The van der Waals surface area contributed by atoms with Crippen LogP contribution in [-0.4, -0.2) is 19.0 Å². The summed E-state index contributed by atoms with van der Waals surface area (Å²) in [6, 6.07) is 0. The van der Waals surface area contributed by atoms with Gasteiger partial charge in [0.1, 0.15) is 0 Å². The number of rotatable bonds is 2. The molecule has 0 N–H and O–H groups in total. The van der Waals surface area contributed by atoms with E-state index in [2.05, 4.69) is 77.6 Å². The molecule has 0 heterocycles. The maximum atomic E-state index is 3.89. The number of hydrogen-bond donors (Lipinski definition) is 0. The van der Waals surface area contributed by atoms with Gasteiger partial charge in [0.15, 0.2) is 0 Å². The van der Waals surface area contributed by atoms with Crippen LogP contribution in [0, 0.1) is 0 Å². The molecule has 0 radical (unpaired) electrons. The Morgan fingerprint density at radius 1 is 1.25 bits per heavy atom. The summed E-state index contributed by atoms with van der Waals surface area (Å²) >= 11 is 15.3. The summed E-state index contributed by atoms with van der Waals surface area (Å²) in [5.74, 6) is 0. The Balaban J connectivity index is 2.73. The zero-order valence-corrected chi connectivity index (χ0v) is 16.7. The predicted molar refractivity (Wildman–Crippen MR) is 75.9 cm³/mol. The van der Waals surface area contributed by atoms with Crippen molar-refractivity contribution >= 4 is 73.8 Å². The topological polar surface area (TPSA) is 0 Å². The third kappa shape index (κ3) is 2.43. The van der Waals surface area contributed by atoms with Crippen molar-refractivity contribution < 1.29 is 0 Å². The zero-order chi connectivity index (χ0) is 9.78. The zero-order valence-electron chi connectivity index (χ0n) is 7.30. The van der Waals surface area contributed by atoms with Gasteiger partial charge in [-0.05, 0) is 0 Å². The van der Waals surface area contributed by atoms with Crippen molar-refractivity contribution in [3.05, 3.63) is 0 Å². The monoisotopic (exact) mass is 502 g/mol. The van der Waals surface area contributed by atoms with Crippen molar-refractivity contribution in [2.45, 2.75) is 34.8 Å². The maximum absolute atomic E-state index is 3.89. The average molecular weight is 504 g/mol. The van der Waals surface area contributed by atoms with Crippen molar-refractivity contribution in [3.8, 4) is 0 Å². The Bertz CT molecular complexity index is 197. The fourth-order valence-corrected chi connectivity index (χ4v) is 22.7. The van der Waals surface area contributed by atoms with Gasteiger partial charge in [-0.1, -0.05) is 0 Å². The normalized spacial score (nSPS) is 36.8. The first kappa shape index (κ1) is 12.7. The van der Waals surface area contributed by atoms with Crippen molar-refractivity contribution in [2.24, 2.45) is 0 Å². The molecule has 0 aromatic carbocycles. The minimum absolute atomic E-state index is 0.400. The SMILES string of the molecule is C[Si](C)(C)C1C[C]1(Br)[Ge]([Br])([Br])[Br]. The van der Waals surface area contributed by atoms with E-state index in [0.29, 0.717) is 3.16 Å². The molecule has 1 fully saturated rings. The minimum atomic E-state index is -2.02. The molecular weight excluding hydrogens is 492 g/mol. The molecule has 0 saturated heterocycles. The van der Waals surface area contributed by atoms with Gasteiger partial charge in [0, 0.05) is 0 Å². The first-order chi connectivity index (χ1) is 5.09. The Morgan fingerprint density at radius 2 is 1.67 bits per heavy atom. The summed E-state index contributed by atoms with van der Waals surface area (Å²) in [5, 5.41) is 0. The molecule has 1 saturated carbocycles. The van der Waals surface area contributed by atoms with Crippen molar-refractivity contribution in [1.29, 1.82) is 0 Å². The van der Waals surface area contributed by atoms with Crippen LogP contribution in [0.3, 0.4) is 0 Å². The summed E-state index contributed by atoms with van der Waals surface area (Å²) in [7, 11) is -2.98. The second kappa shape index (κ2) is 3.61. The summed E-state index contributed by atoms with van der Waals surface area (Å²) in [4.78, 5) is 0. The summed E-state index contributed by atoms with van der Waals surface area (Å²) in [6.07, 6.45) is 1.34. The van der Waals surface area contributed by atoms with Gasteiger partial charge in [-0.15, -0.1) is 0 Å². The van der Waals surface area contributed by atoms with Gasteiger partial charge in [-0.2, -0.15) is 0 Å². The molecule has 0 bridgehead atoms. The van der Waals surface area contributed by atoms with Gasteiger partial charge in [0.05, 0.1) is 0 Å². The predicted octanol–water partition coefficient (Wildman–Crippen LogP) is 4.90. The molecule has 72 valence electrons. The van der Waals surface area contributed by atoms with E-state index in [9.17, 15) is 0 Å². The van der Waals surface area contributed by atoms with Crippen LogP contribution in [0.15, 0.2) is 0 Å². The van der Waals surface area contributed by atoms with Gasteiger partial charge in [0.25, 0.3) is 0 Å². The average Bonchev–Trinajstić information content (AvgIpc) is 2.38. The molecule has 0 spiro atoms. The van der Waals surface area contributed by atoms with Gasteiger partial charge in [0.2, 0.25) is 0 Å². The molecule has 0 aromatic rings. The van der Waals surface area contributed by atoms with Crippen molar-refractivity contribution in [3.63, 3.8) is 0 Å². The first-order valence-electron chi connectivity index (χ1n) is 3.85. The third-order valence-electron chi connectivity index (χ3n) is 2.41. The fourth-order valence-electron chi connectivity index (χ4n) is 1.54. The standard InChI is InChI=1S/C6H12Br4GeSi/c1-12(2,3)5-4-6(5,7)11(8,9)10/h5H,4H2,1-3H3. The molecule has 0 amide bonds. The van der Waals surface area contributed by atoms with Crippen LogP contribution < -0.4 is 0 Å². The van der Waals surface area contributed by atoms with E-state index in [1.165, 1.54) is 6.42 Å². The second-order valence-electron chi connectivity index (χ2n) is 4.48. The Labute approximate surface area is 107 Å². The van der Waals surface area contributed by atoms with Gasteiger partial charge in [-0.3, -0.25) is 0 Å². The molecule has 1 rings (SSSR count). The Morgan fingerprint density at radius 3 is 1.75 bits per heavy atom. The number of hydrogen-bond acceptors (Lipinski definition) is 0. The first-order valence-corrected chi connectivity index (χ1v) is 24.0. The molecule has 2 atom stereocenters. The number of halogens is 4. The molecule has 0 aliphatic heterocycles. The van der Waals surface area contributed by atoms with Crippen molar-refractivity contribution in [1.82, 2.24) is 0 Å². The molecule has 0 nitrogen and oxygen atoms in total. The fraction of sp³-hybridized carbons (Fsp3) is 1.00. The molecule has 2 unspecified atom stereocenters. The molecular formula is C6H12Br4GeSi. The molecule has 1 aliphatic carbocycles. The van der Waals surface area contributed by atoms with Crippen LogP contribution in [0.5, 0.6) is 0 Å². The van der Waals surface area contributed by atoms with Crippen LogP contribution in [-0.2, 0) is 0 Å². The van der Waals surface area contributed by atoms with E-state index in [4.69, 9.17) is 0 Å². The second-order valence-corrected chi connectivity index (χ2v) is 52.0. The van der Waals surface area contributed by atoms with Crippen LogP contribution >= 0.6 is 57.9 Å². The van der Waals surface area contributed by atoms with Crippen LogP contribution in [0.2, 0.25) is 25.2 Å². The van der Waals surface area contributed by atoms with E-state index in [1.54, 1.807) is 0 Å². The Hall–Kier alpha value is 2.68. The van der Waals surface area contributed by atoms with Gasteiger partial charge in [-0.25, -0.2) is 0 Å². The molecule has 6 heteroatoms. The van der Waals surface area contributed by atoms with E-state index < -0.39 is 15.8 Å². The van der Waals surface area contributed by atoms with Crippen LogP contribution in [0.1, 0.15) is 6.42 Å². The Kier molecular flexibility index (Phi) is 3.84. The van der Waals surface area contributed by atoms with E-state index in [-0.39, 0.29) is 0 Å². The van der Waals surface area contributed by atoms with E-state index in [0.717, 1.165) is 5.54 Å². The van der Waals surface area contributed by atoms with Crippen LogP contribution in [0.4, 0.5) is 0 Å². The van der Waals surface area contributed by atoms with E-state index >= 15 is 0 Å². The summed E-state index contributed by atoms with van der Waals surface area (Å²) < 4.78 is 0.400. The molecule has 12 heavy (non-hydrogen) atoms. The van der Waals surface area contributed by atoms with Gasteiger partial charge < -0.3 is 0 Å². The molecule has 1 aliphatic rings. The summed E-state index contributed by atoms with van der Waals surface area (Å²) in [5.41, 5.74) is 0.920. The van der Waals surface area contributed by atoms with E-state index in [1.807, 2.05) is 0 Å². The summed E-state index contributed by atoms with van der Waals surface area (Å²) in [6.45, 7) is 7.34. The number of alkyl halides is 1.